The van der Waals surface area contributed by atoms with E-state index in [1.54, 1.807) is 0 Å². The Hall–Kier alpha value is -1.03. The molecule has 4 nitrogen and oxygen atoms in total. The Labute approximate surface area is 102 Å². The first-order valence-corrected chi connectivity index (χ1v) is 6.95. The van der Waals surface area contributed by atoms with Gasteiger partial charge in [0.1, 0.15) is 0 Å². The molecule has 0 aromatic carbocycles. The summed E-state index contributed by atoms with van der Waals surface area (Å²) in [6, 6.07) is 2.11. The minimum Gasteiger partial charge on any atom is -0.351 e. The summed E-state index contributed by atoms with van der Waals surface area (Å²) in [5, 5.41) is 3.69. The average Bonchev–Trinajstić information content (AvgIpc) is 2.79. The topological polar surface area (TPSA) is 33.1 Å². The van der Waals surface area contributed by atoms with Crippen molar-refractivity contribution in [2.45, 2.75) is 50.2 Å². The Kier molecular flexibility index (Phi) is 2.18. The quantitative estimate of drug-likeness (QED) is 0.863. The third-order valence-corrected chi connectivity index (χ3v) is 4.53. The van der Waals surface area contributed by atoms with E-state index in [9.17, 15) is 0 Å². The van der Waals surface area contributed by atoms with E-state index in [4.69, 9.17) is 0 Å². The molecule has 92 valence electrons. The Balaban J connectivity index is 1.51. The molecule has 0 radical (unpaired) electrons. The van der Waals surface area contributed by atoms with Gasteiger partial charge in [-0.2, -0.15) is 0 Å². The number of hydrogen-bond acceptors (Lipinski definition) is 3. The highest BCUT2D eigenvalue weighted by Gasteiger charge is 2.38. The van der Waals surface area contributed by atoms with E-state index in [2.05, 4.69) is 26.0 Å². The van der Waals surface area contributed by atoms with Crippen molar-refractivity contribution in [2.24, 2.45) is 0 Å². The van der Waals surface area contributed by atoms with Crippen molar-refractivity contribution in [1.29, 1.82) is 0 Å². The van der Waals surface area contributed by atoms with Crippen molar-refractivity contribution in [2.75, 3.05) is 18.4 Å². The van der Waals surface area contributed by atoms with Gasteiger partial charge in [0.05, 0.1) is 0 Å². The van der Waals surface area contributed by atoms with E-state index in [0.29, 0.717) is 6.04 Å². The Morgan fingerprint density at radius 1 is 1.18 bits per heavy atom. The summed E-state index contributed by atoms with van der Waals surface area (Å²) in [6.45, 7) is 2.58. The number of hydrogen-bond donors (Lipinski definition) is 1. The molecule has 1 aromatic heterocycles. The molecule has 2 unspecified atom stereocenters. The highest BCUT2D eigenvalue weighted by atomic mass is 15.3. The predicted octanol–water partition coefficient (Wildman–Crippen LogP) is 1.87. The lowest BCUT2D eigenvalue weighted by molar-refractivity contribution is 0.318. The minimum absolute atomic E-state index is 0.623. The third kappa shape index (κ3) is 1.66. The van der Waals surface area contributed by atoms with Gasteiger partial charge < -0.3 is 9.88 Å². The molecule has 0 amide bonds. The van der Waals surface area contributed by atoms with E-state index in [1.165, 1.54) is 45.2 Å². The SMILES string of the molecule is c1cn(C2CC2)c(NC2CCN3CCCC23)n1. The van der Waals surface area contributed by atoms with Crippen LogP contribution in [0.15, 0.2) is 12.4 Å². The highest BCUT2D eigenvalue weighted by Crippen LogP contribution is 2.37. The van der Waals surface area contributed by atoms with Crippen LogP contribution in [0.4, 0.5) is 5.95 Å². The summed E-state index contributed by atoms with van der Waals surface area (Å²) in [6.07, 6.45) is 10.7. The molecule has 3 heterocycles. The Morgan fingerprint density at radius 3 is 3.00 bits per heavy atom. The lowest BCUT2D eigenvalue weighted by atomic mass is 10.1. The standard InChI is InChI=1S/C13H20N4/c1-2-12-11(5-8-16(12)7-1)15-13-14-6-9-17(13)10-3-4-10/h6,9-12H,1-5,7-8H2,(H,14,15). The smallest absolute Gasteiger partial charge is 0.203 e. The molecule has 2 atom stereocenters. The van der Waals surface area contributed by atoms with Gasteiger partial charge in [0.25, 0.3) is 0 Å². The molecular weight excluding hydrogens is 212 g/mol. The zero-order chi connectivity index (χ0) is 11.2. The molecule has 4 heteroatoms. The van der Waals surface area contributed by atoms with Crippen molar-refractivity contribution in [1.82, 2.24) is 14.5 Å². The lowest BCUT2D eigenvalue weighted by Gasteiger charge is -2.22. The van der Waals surface area contributed by atoms with E-state index in [-0.39, 0.29) is 0 Å². The lowest BCUT2D eigenvalue weighted by Crippen LogP contribution is -2.34. The molecule has 4 rings (SSSR count). The molecule has 1 aromatic rings. The summed E-state index contributed by atoms with van der Waals surface area (Å²) in [4.78, 5) is 7.13. The maximum Gasteiger partial charge on any atom is 0.203 e. The van der Waals surface area contributed by atoms with Crippen LogP contribution in [-0.4, -0.2) is 39.6 Å². The maximum absolute atomic E-state index is 4.49. The molecule has 1 N–H and O–H groups in total. The van der Waals surface area contributed by atoms with Crippen LogP contribution in [0.3, 0.4) is 0 Å². The molecule has 1 saturated carbocycles. The molecule has 3 fully saturated rings. The summed E-state index contributed by atoms with van der Waals surface area (Å²) in [5.41, 5.74) is 0. The zero-order valence-electron chi connectivity index (χ0n) is 10.2. The fourth-order valence-corrected chi connectivity index (χ4v) is 3.49. The van der Waals surface area contributed by atoms with E-state index in [1.807, 2.05) is 6.20 Å². The van der Waals surface area contributed by atoms with Crippen molar-refractivity contribution >= 4 is 5.95 Å². The largest absolute Gasteiger partial charge is 0.351 e. The summed E-state index contributed by atoms with van der Waals surface area (Å²) in [7, 11) is 0. The number of nitrogens with one attached hydrogen (secondary N) is 1. The second-order valence-electron chi connectivity index (χ2n) is 5.67. The van der Waals surface area contributed by atoms with E-state index in [0.717, 1.165) is 18.0 Å². The van der Waals surface area contributed by atoms with E-state index >= 15 is 0 Å². The first-order valence-electron chi connectivity index (χ1n) is 6.95. The number of nitrogens with zero attached hydrogens (tertiary/aromatic N) is 3. The van der Waals surface area contributed by atoms with Gasteiger partial charge >= 0.3 is 0 Å². The van der Waals surface area contributed by atoms with Crippen LogP contribution in [0.5, 0.6) is 0 Å². The normalized spacial score (nSPS) is 32.9. The second kappa shape index (κ2) is 3.73. The summed E-state index contributed by atoms with van der Waals surface area (Å²) < 4.78 is 2.33. The van der Waals surface area contributed by atoms with Gasteiger partial charge in [-0.15, -0.1) is 0 Å². The van der Waals surface area contributed by atoms with Gasteiger partial charge in [-0.25, -0.2) is 4.98 Å². The van der Waals surface area contributed by atoms with Crippen molar-refractivity contribution in [3.05, 3.63) is 12.4 Å². The van der Waals surface area contributed by atoms with Crippen molar-refractivity contribution in [3.63, 3.8) is 0 Å². The molecule has 1 aliphatic carbocycles. The number of aromatic nitrogens is 2. The fourth-order valence-electron chi connectivity index (χ4n) is 3.49. The average molecular weight is 232 g/mol. The number of imidazole rings is 1. The molecule has 2 aliphatic heterocycles. The minimum atomic E-state index is 0.623. The Morgan fingerprint density at radius 2 is 2.12 bits per heavy atom. The predicted molar refractivity (Wildman–Crippen MR) is 67.1 cm³/mol. The van der Waals surface area contributed by atoms with Crippen LogP contribution in [-0.2, 0) is 0 Å². The molecule has 17 heavy (non-hydrogen) atoms. The second-order valence-corrected chi connectivity index (χ2v) is 5.67. The van der Waals surface area contributed by atoms with Gasteiger partial charge in [-0.05, 0) is 38.6 Å². The number of fused-ring (bicyclic) bond motifs is 1. The van der Waals surface area contributed by atoms with Crippen LogP contribution in [0, 0.1) is 0 Å². The van der Waals surface area contributed by atoms with Crippen LogP contribution >= 0.6 is 0 Å². The Bertz CT molecular complexity index is 409. The summed E-state index contributed by atoms with van der Waals surface area (Å²) in [5.74, 6) is 1.10. The van der Waals surface area contributed by atoms with Gasteiger partial charge in [0, 0.05) is 37.1 Å². The van der Waals surface area contributed by atoms with Gasteiger partial charge in [0.15, 0.2) is 0 Å². The highest BCUT2D eigenvalue weighted by molar-refractivity contribution is 5.31. The van der Waals surface area contributed by atoms with Crippen molar-refractivity contribution < 1.29 is 0 Å². The maximum atomic E-state index is 4.49. The molecular formula is C13H20N4. The van der Waals surface area contributed by atoms with Gasteiger partial charge in [0.2, 0.25) is 5.95 Å². The molecule has 0 bridgehead atoms. The van der Waals surface area contributed by atoms with Crippen LogP contribution in [0.1, 0.15) is 38.1 Å². The van der Waals surface area contributed by atoms with Crippen LogP contribution in [0.25, 0.3) is 0 Å². The molecule has 3 aliphatic rings. The third-order valence-electron chi connectivity index (χ3n) is 4.53. The molecule has 0 spiro atoms. The number of rotatable bonds is 3. The monoisotopic (exact) mass is 232 g/mol. The first kappa shape index (κ1) is 9.95. The van der Waals surface area contributed by atoms with Crippen molar-refractivity contribution in [3.8, 4) is 0 Å². The van der Waals surface area contributed by atoms with Gasteiger partial charge in [-0.3, -0.25) is 4.90 Å². The van der Waals surface area contributed by atoms with Gasteiger partial charge in [-0.1, -0.05) is 0 Å². The summed E-state index contributed by atoms with van der Waals surface area (Å²) >= 11 is 0. The number of anilines is 1. The zero-order valence-corrected chi connectivity index (χ0v) is 10.2. The van der Waals surface area contributed by atoms with Crippen LogP contribution < -0.4 is 5.32 Å². The van der Waals surface area contributed by atoms with E-state index < -0.39 is 0 Å². The molecule has 2 saturated heterocycles. The van der Waals surface area contributed by atoms with Crippen LogP contribution in [0.2, 0.25) is 0 Å². The fraction of sp³-hybridized carbons (Fsp3) is 0.769. The first-order chi connectivity index (χ1) is 8.42.